The number of carbonyl (C=O) groups is 3. The predicted molar refractivity (Wildman–Crippen MR) is 130 cm³/mol. The highest BCUT2D eigenvalue weighted by atomic mass is 35.5. The lowest BCUT2D eigenvalue weighted by Gasteiger charge is -2.25. The van der Waals surface area contributed by atoms with Crippen LogP contribution in [-0.2, 0) is 14.3 Å². The number of nitrogens with zero attached hydrogens (tertiary/aromatic N) is 1. The van der Waals surface area contributed by atoms with E-state index in [2.05, 4.69) is 0 Å². The van der Waals surface area contributed by atoms with Gasteiger partial charge in [0.2, 0.25) is 0 Å². The van der Waals surface area contributed by atoms with Crippen LogP contribution in [-0.4, -0.2) is 28.9 Å². The van der Waals surface area contributed by atoms with Gasteiger partial charge in [0.25, 0.3) is 11.7 Å². The average Bonchev–Trinajstić information content (AvgIpc) is 3.09. The summed E-state index contributed by atoms with van der Waals surface area (Å²) in [5, 5.41) is 11.5. The highest BCUT2D eigenvalue weighted by Gasteiger charge is 2.47. The van der Waals surface area contributed by atoms with Gasteiger partial charge in [-0.05, 0) is 49.7 Å². The zero-order valence-corrected chi connectivity index (χ0v) is 19.3. The molecule has 1 amide bonds. The van der Waals surface area contributed by atoms with E-state index >= 15 is 0 Å². The summed E-state index contributed by atoms with van der Waals surface area (Å²) in [6.45, 7) is 3.48. The number of ether oxygens (including phenoxy) is 1. The number of amides is 1. The summed E-state index contributed by atoms with van der Waals surface area (Å²) >= 11 is 6.08. The summed E-state index contributed by atoms with van der Waals surface area (Å²) in [6, 6.07) is 20.8. The number of anilines is 1. The van der Waals surface area contributed by atoms with Crippen LogP contribution >= 0.6 is 11.6 Å². The van der Waals surface area contributed by atoms with Gasteiger partial charge in [-0.1, -0.05) is 60.1 Å². The molecule has 0 spiro atoms. The second-order valence-electron chi connectivity index (χ2n) is 8.09. The molecule has 3 aromatic rings. The van der Waals surface area contributed by atoms with Crippen molar-refractivity contribution in [1.29, 1.82) is 0 Å². The largest absolute Gasteiger partial charge is 0.507 e. The summed E-state index contributed by atoms with van der Waals surface area (Å²) in [5.41, 5.74) is 1.46. The zero-order valence-electron chi connectivity index (χ0n) is 18.6. The van der Waals surface area contributed by atoms with Gasteiger partial charge in [0.05, 0.1) is 23.3 Å². The summed E-state index contributed by atoms with van der Waals surface area (Å²) < 4.78 is 5.27. The number of carbonyl (C=O) groups excluding carboxylic acids is 3. The van der Waals surface area contributed by atoms with Crippen LogP contribution in [0.1, 0.15) is 41.4 Å². The Morgan fingerprint density at radius 2 is 1.62 bits per heavy atom. The van der Waals surface area contributed by atoms with E-state index in [-0.39, 0.29) is 23.0 Å². The number of hydrogen-bond donors (Lipinski definition) is 1. The minimum Gasteiger partial charge on any atom is -0.507 e. The second-order valence-corrected chi connectivity index (χ2v) is 8.53. The van der Waals surface area contributed by atoms with Crippen LogP contribution in [0.5, 0.6) is 0 Å². The summed E-state index contributed by atoms with van der Waals surface area (Å²) in [7, 11) is 0. The molecule has 1 N–H and O–H groups in total. The van der Waals surface area contributed by atoms with Gasteiger partial charge in [-0.3, -0.25) is 14.5 Å². The molecule has 1 atom stereocenters. The van der Waals surface area contributed by atoms with Crippen molar-refractivity contribution in [2.24, 2.45) is 0 Å². The maximum atomic E-state index is 13.3. The molecule has 3 aromatic carbocycles. The fourth-order valence-corrected chi connectivity index (χ4v) is 4.10. The Labute approximate surface area is 202 Å². The third kappa shape index (κ3) is 4.45. The molecular weight excluding hydrogens is 454 g/mol. The standard InChI is InChI=1S/C27H22ClNO5/c1-16(2)34-27(33)19-11-7-13-21(15-19)29-23(17-8-4-3-5-9-17)22(25(31)26(29)32)24(30)18-10-6-12-20(28)14-18/h3-16,23,30H,1-2H3/b24-22+. The average molecular weight is 476 g/mol. The first-order valence-corrected chi connectivity index (χ1v) is 11.1. The number of hydrogen-bond acceptors (Lipinski definition) is 5. The molecule has 1 saturated heterocycles. The Kier molecular flexibility index (Phi) is 6.52. The number of aliphatic hydroxyl groups excluding tert-OH is 1. The number of rotatable bonds is 5. The number of ketones is 1. The monoisotopic (exact) mass is 475 g/mol. The molecule has 1 aliphatic heterocycles. The lowest BCUT2D eigenvalue weighted by molar-refractivity contribution is -0.132. The summed E-state index contributed by atoms with van der Waals surface area (Å²) in [5.74, 6) is -2.51. The molecule has 4 rings (SSSR count). The minimum absolute atomic E-state index is 0.0615. The topological polar surface area (TPSA) is 83.9 Å². The normalized spacial score (nSPS) is 17.3. The van der Waals surface area contributed by atoms with Gasteiger partial charge in [-0.2, -0.15) is 0 Å². The van der Waals surface area contributed by atoms with Crippen LogP contribution in [0.4, 0.5) is 5.69 Å². The first kappa shape index (κ1) is 23.3. The van der Waals surface area contributed by atoms with Gasteiger partial charge in [0.15, 0.2) is 0 Å². The Balaban J connectivity index is 1.88. The van der Waals surface area contributed by atoms with E-state index in [0.29, 0.717) is 21.8 Å². The van der Waals surface area contributed by atoms with Crippen molar-refractivity contribution < 1.29 is 24.2 Å². The van der Waals surface area contributed by atoms with Crippen molar-refractivity contribution in [3.8, 4) is 0 Å². The summed E-state index contributed by atoms with van der Waals surface area (Å²) in [4.78, 5) is 40.2. The van der Waals surface area contributed by atoms with E-state index in [9.17, 15) is 19.5 Å². The Bertz CT molecular complexity index is 1300. The number of esters is 1. The van der Waals surface area contributed by atoms with Crippen LogP contribution in [0.25, 0.3) is 5.76 Å². The zero-order chi connectivity index (χ0) is 24.4. The van der Waals surface area contributed by atoms with Gasteiger partial charge < -0.3 is 9.84 Å². The molecule has 34 heavy (non-hydrogen) atoms. The number of Topliss-reactive ketones (excluding diaryl/α,β-unsaturated/α-hetero) is 1. The van der Waals surface area contributed by atoms with Gasteiger partial charge in [-0.25, -0.2) is 4.79 Å². The smallest absolute Gasteiger partial charge is 0.338 e. The number of aliphatic hydroxyl groups is 1. The Morgan fingerprint density at radius 1 is 0.941 bits per heavy atom. The fourth-order valence-electron chi connectivity index (χ4n) is 3.91. The molecule has 0 saturated carbocycles. The van der Waals surface area contributed by atoms with E-state index in [1.165, 1.54) is 17.0 Å². The third-order valence-corrected chi connectivity index (χ3v) is 5.60. The fraction of sp³-hybridized carbons (Fsp3) is 0.148. The Morgan fingerprint density at radius 3 is 2.29 bits per heavy atom. The van der Waals surface area contributed by atoms with Crippen LogP contribution in [0.15, 0.2) is 84.4 Å². The van der Waals surface area contributed by atoms with Crippen LogP contribution in [0, 0.1) is 0 Å². The van der Waals surface area contributed by atoms with E-state index in [4.69, 9.17) is 16.3 Å². The highest BCUT2D eigenvalue weighted by molar-refractivity contribution is 6.51. The minimum atomic E-state index is -0.906. The molecule has 0 aliphatic carbocycles. The molecule has 6 nitrogen and oxygen atoms in total. The maximum absolute atomic E-state index is 13.3. The first-order valence-electron chi connectivity index (χ1n) is 10.7. The second kappa shape index (κ2) is 9.53. The first-order chi connectivity index (χ1) is 16.3. The van der Waals surface area contributed by atoms with E-state index < -0.39 is 23.7 Å². The SMILES string of the molecule is CC(C)OC(=O)c1cccc(N2C(=O)C(=O)/C(=C(/O)c3cccc(Cl)c3)C2c2ccccc2)c1. The van der Waals surface area contributed by atoms with Gasteiger partial charge >= 0.3 is 5.97 Å². The van der Waals surface area contributed by atoms with Crippen LogP contribution in [0.2, 0.25) is 5.02 Å². The van der Waals surface area contributed by atoms with Crippen molar-refractivity contribution in [3.05, 3.63) is 106 Å². The quantitative estimate of drug-likeness (QED) is 0.227. The third-order valence-electron chi connectivity index (χ3n) is 5.36. The van der Waals surface area contributed by atoms with Crippen molar-refractivity contribution in [2.75, 3.05) is 4.90 Å². The number of halogens is 1. The van der Waals surface area contributed by atoms with Crippen LogP contribution in [0.3, 0.4) is 0 Å². The molecular formula is C27H22ClNO5. The van der Waals surface area contributed by atoms with Crippen molar-refractivity contribution in [2.45, 2.75) is 26.0 Å². The van der Waals surface area contributed by atoms with E-state index in [1.807, 2.05) is 6.07 Å². The van der Waals surface area contributed by atoms with Gasteiger partial charge in [0, 0.05) is 16.3 Å². The number of benzene rings is 3. The van der Waals surface area contributed by atoms with Crippen LogP contribution < -0.4 is 4.90 Å². The molecule has 1 aliphatic rings. The molecule has 7 heteroatoms. The molecule has 172 valence electrons. The lowest BCUT2D eigenvalue weighted by Crippen LogP contribution is -2.29. The van der Waals surface area contributed by atoms with Crippen molar-refractivity contribution in [3.63, 3.8) is 0 Å². The van der Waals surface area contributed by atoms with Crippen molar-refractivity contribution >= 4 is 40.7 Å². The molecule has 1 unspecified atom stereocenters. The predicted octanol–water partition coefficient (Wildman–Crippen LogP) is 5.53. The van der Waals surface area contributed by atoms with Gasteiger partial charge in [-0.15, -0.1) is 0 Å². The van der Waals surface area contributed by atoms with E-state index in [1.54, 1.807) is 74.5 Å². The molecule has 0 aromatic heterocycles. The van der Waals surface area contributed by atoms with E-state index in [0.717, 1.165) is 0 Å². The van der Waals surface area contributed by atoms with Gasteiger partial charge in [0.1, 0.15) is 5.76 Å². The molecule has 1 heterocycles. The molecule has 0 radical (unpaired) electrons. The maximum Gasteiger partial charge on any atom is 0.338 e. The molecule has 0 bridgehead atoms. The Hall–Kier alpha value is -3.90. The van der Waals surface area contributed by atoms with Crippen molar-refractivity contribution in [1.82, 2.24) is 0 Å². The lowest BCUT2D eigenvalue weighted by atomic mass is 9.95. The molecule has 1 fully saturated rings. The summed E-state index contributed by atoms with van der Waals surface area (Å²) in [6.07, 6.45) is -0.313. The highest BCUT2D eigenvalue weighted by Crippen LogP contribution is 2.42.